The Morgan fingerprint density at radius 3 is 2.62 bits per heavy atom. The van der Waals surface area contributed by atoms with Crippen molar-refractivity contribution in [2.24, 2.45) is 0 Å². The Balaban J connectivity index is 1.81. The molecular formula is C18H17BrN4O. The van der Waals surface area contributed by atoms with Crippen molar-refractivity contribution in [3.63, 3.8) is 0 Å². The van der Waals surface area contributed by atoms with Crippen LogP contribution in [0.15, 0.2) is 65.3 Å². The molecule has 0 saturated heterocycles. The van der Waals surface area contributed by atoms with Crippen LogP contribution in [-0.2, 0) is 0 Å². The van der Waals surface area contributed by atoms with Gasteiger partial charge in [0.25, 0.3) is 5.91 Å². The first-order valence-electron chi connectivity index (χ1n) is 7.56. The second-order valence-electron chi connectivity index (χ2n) is 5.53. The fourth-order valence-corrected chi connectivity index (χ4v) is 2.81. The van der Waals surface area contributed by atoms with E-state index in [1.807, 2.05) is 61.5 Å². The van der Waals surface area contributed by atoms with Gasteiger partial charge in [0, 0.05) is 11.5 Å². The summed E-state index contributed by atoms with van der Waals surface area (Å²) in [5.74, 6) is -0.160. The van der Waals surface area contributed by atoms with Crippen LogP contribution in [0, 0.1) is 0 Å². The van der Waals surface area contributed by atoms with Gasteiger partial charge < -0.3 is 4.90 Å². The number of amides is 1. The van der Waals surface area contributed by atoms with Crippen LogP contribution in [0.4, 0.5) is 0 Å². The Kier molecular flexibility index (Phi) is 4.76. The first-order valence-corrected chi connectivity index (χ1v) is 8.36. The van der Waals surface area contributed by atoms with Gasteiger partial charge in [-0.2, -0.15) is 0 Å². The van der Waals surface area contributed by atoms with Gasteiger partial charge in [0.05, 0.1) is 17.9 Å². The number of aromatic nitrogens is 3. The molecule has 1 aromatic heterocycles. The smallest absolute Gasteiger partial charge is 0.276 e. The van der Waals surface area contributed by atoms with Crippen LogP contribution >= 0.6 is 15.9 Å². The van der Waals surface area contributed by atoms with E-state index in [1.165, 1.54) is 0 Å². The van der Waals surface area contributed by atoms with Gasteiger partial charge in [-0.15, -0.1) is 5.10 Å². The molecule has 1 heterocycles. The highest BCUT2D eigenvalue weighted by Gasteiger charge is 2.21. The first-order chi connectivity index (χ1) is 11.6. The van der Waals surface area contributed by atoms with E-state index in [2.05, 4.69) is 26.2 Å². The monoisotopic (exact) mass is 384 g/mol. The lowest BCUT2D eigenvalue weighted by Gasteiger charge is -2.24. The minimum Gasteiger partial charge on any atom is -0.334 e. The number of rotatable bonds is 4. The predicted octanol–water partition coefficient (Wildman–Crippen LogP) is 3.86. The molecule has 24 heavy (non-hydrogen) atoms. The number of carbonyl (C=O) groups is 1. The van der Waals surface area contributed by atoms with Crippen molar-refractivity contribution in [1.29, 1.82) is 0 Å². The SMILES string of the molecule is C[C@@H](c1ccccc1)N(C)C(=O)c1cn(-c2cccc(Br)c2)nn1. The summed E-state index contributed by atoms with van der Waals surface area (Å²) < 4.78 is 2.54. The van der Waals surface area contributed by atoms with Gasteiger partial charge >= 0.3 is 0 Å². The van der Waals surface area contributed by atoms with E-state index in [-0.39, 0.29) is 11.9 Å². The molecule has 0 fully saturated rings. The van der Waals surface area contributed by atoms with E-state index in [0.717, 1.165) is 15.7 Å². The van der Waals surface area contributed by atoms with Crippen molar-refractivity contribution < 1.29 is 4.79 Å². The number of nitrogens with zero attached hydrogens (tertiary/aromatic N) is 4. The molecule has 2 aromatic carbocycles. The summed E-state index contributed by atoms with van der Waals surface area (Å²) in [4.78, 5) is 14.3. The topological polar surface area (TPSA) is 51.0 Å². The zero-order valence-electron chi connectivity index (χ0n) is 13.4. The maximum atomic E-state index is 12.7. The van der Waals surface area contributed by atoms with Gasteiger partial charge in [0.1, 0.15) is 0 Å². The summed E-state index contributed by atoms with van der Waals surface area (Å²) >= 11 is 3.43. The van der Waals surface area contributed by atoms with E-state index in [1.54, 1.807) is 22.8 Å². The van der Waals surface area contributed by atoms with E-state index in [4.69, 9.17) is 0 Å². The molecule has 0 saturated carbocycles. The van der Waals surface area contributed by atoms with E-state index in [0.29, 0.717) is 5.69 Å². The second-order valence-corrected chi connectivity index (χ2v) is 6.45. The van der Waals surface area contributed by atoms with Crippen LogP contribution in [0.3, 0.4) is 0 Å². The molecule has 1 atom stereocenters. The zero-order valence-corrected chi connectivity index (χ0v) is 15.0. The Bertz CT molecular complexity index is 847. The Morgan fingerprint density at radius 2 is 1.92 bits per heavy atom. The quantitative estimate of drug-likeness (QED) is 0.685. The zero-order chi connectivity index (χ0) is 17.1. The predicted molar refractivity (Wildman–Crippen MR) is 96.0 cm³/mol. The molecule has 5 nitrogen and oxygen atoms in total. The minimum absolute atomic E-state index is 0.0466. The average molecular weight is 385 g/mol. The molecule has 0 radical (unpaired) electrons. The number of hydrogen-bond donors (Lipinski definition) is 0. The van der Waals surface area contributed by atoms with Crippen molar-refractivity contribution in [2.75, 3.05) is 7.05 Å². The van der Waals surface area contributed by atoms with Crippen molar-refractivity contribution >= 4 is 21.8 Å². The molecule has 122 valence electrons. The number of halogens is 1. The number of carbonyl (C=O) groups excluding carboxylic acids is 1. The fourth-order valence-electron chi connectivity index (χ4n) is 2.42. The van der Waals surface area contributed by atoms with Crippen LogP contribution in [0.25, 0.3) is 5.69 Å². The van der Waals surface area contributed by atoms with Crippen LogP contribution < -0.4 is 0 Å². The van der Waals surface area contributed by atoms with Crippen molar-refractivity contribution in [3.05, 3.63) is 76.5 Å². The molecule has 0 unspecified atom stereocenters. The van der Waals surface area contributed by atoms with Crippen LogP contribution in [0.1, 0.15) is 29.0 Å². The molecule has 0 N–H and O–H groups in total. The molecule has 0 bridgehead atoms. The van der Waals surface area contributed by atoms with Crippen LogP contribution in [-0.4, -0.2) is 32.8 Å². The van der Waals surface area contributed by atoms with Gasteiger partial charge in [0.15, 0.2) is 5.69 Å². The highest BCUT2D eigenvalue weighted by molar-refractivity contribution is 9.10. The maximum absolute atomic E-state index is 12.7. The van der Waals surface area contributed by atoms with E-state index < -0.39 is 0 Å². The lowest BCUT2D eigenvalue weighted by molar-refractivity contribution is 0.0736. The summed E-state index contributed by atoms with van der Waals surface area (Å²) in [6.07, 6.45) is 1.65. The Hall–Kier alpha value is -2.47. The Morgan fingerprint density at radius 1 is 1.17 bits per heavy atom. The van der Waals surface area contributed by atoms with E-state index >= 15 is 0 Å². The largest absolute Gasteiger partial charge is 0.334 e. The number of hydrogen-bond acceptors (Lipinski definition) is 3. The van der Waals surface area contributed by atoms with Crippen molar-refractivity contribution in [2.45, 2.75) is 13.0 Å². The lowest BCUT2D eigenvalue weighted by atomic mass is 10.1. The molecule has 3 aromatic rings. The van der Waals surface area contributed by atoms with Crippen molar-refractivity contribution in [1.82, 2.24) is 19.9 Å². The summed E-state index contributed by atoms with van der Waals surface area (Å²) in [7, 11) is 1.78. The van der Waals surface area contributed by atoms with Gasteiger partial charge in [-0.25, -0.2) is 4.68 Å². The van der Waals surface area contributed by atoms with Crippen LogP contribution in [0.2, 0.25) is 0 Å². The highest BCUT2D eigenvalue weighted by Crippen LogP contribution is 2.20. The van der Waals surface area contributed by atoms with E-state index in [9.17, 15) is 4.79 Å². The fraction of sp³-hybridized carbons (Fsp3) is 0.167. The van der Waals surface area contributed by atoms with Gasteiger partial charge in [-0.3, -0.25) is 4.79 Å². The molecule has 3 rings (SSSR count). The molecule has 6 heteroatoms. The normalized spacial score (nSPS) is 12.0. The Labute approximate surface area is 149 Å². The third kappa shape index (κ3) is 3.38. The lowest BCUT2D eigenvalue weighted by Crippen LogP contribution is -2.29. The van der Waals surface area contributed by atoms with Gasteiger partial charge in [0.2, 0.25) is 0 Å². The third-order valence-electron chi connectivity index (χ3n) is 3.97. The summed E-state index contributed by atoms with van der Waals surface area (Å²) in [5, 5.41) is 8.09. The minimum atomic E-state index is -0.160. The first kappa shape index (κ1) is 16.4. The molecule has 0 aliphatic carbocycles. The molecule has 1 amide bonds. The van der Waals surface area contributed by atoms with Gasteiger partial charge in [-0.1, -0.05) is 57.5 Å². The highest BCUT2D eigenvalue weighted by atomic mass is 79.9. The summed E-state index contributed by atoms with van der Waals surface area (Å²) in [6.45, 7) is 1.99. The standard InChI is InChI=1S/C18H17BrN4O/c1-13(14-7-4-3-5-8-14)22(2)18(24)17-12-23(21-20-17)16-10-6-9-15(19)11-16/h3-13H,1-2H3/t13-/m0/s1. The second kappa shape index (κ2) is 6.97. The maximum Gasteiger partial charge on any atom is 0.276 e. The molecular weight excluding hydrogens is 368 g/mol. The summed E-state index contributed by atoms with van der Waals surface area (Å²) in [6, 6.07) is 17.5. The summed E-state index contributed by atoms with van der Waals surface area (Å²) in [5.41, 5.74) is 2.24. The molecule has 0 aliphatic heterocycles. The molecule has 0 aliphatic rings. The third-order valence-corrected chi connectivity index (χ3v) is 4.46. The molecule has 0 spiro atoms. The average Bonchev–Trinajstić information content (AvgIpc) is 3.10. The van der Waals surface area contributed by atoms with Crippen molar-refractivity contribution in [3.8, 4) is 5.69 Å². The van der Waals surface area contributed by atoms with Gasteiger partial charge in [-0.05, 0) is 30.7 Å². The number of benzene rings is 2. The van der Waals surface area contributed by atoms with Crippen LogP contribution in [0.5, 0.6) is 0 Å².